The number of nitrogens with one attached hydrogen (secondary N) is 2. The van der Waals surface area contributed by atoms with Gasteiger partial charge in [-0.3, -0.25) is 4.98 Å². The Hall–Kier alpha value is -3.61. The van der Waals surface area contributed by atoms with E-state index in [1.54, 1.807) is 21.3 Å². The van der Waals surface area contributed by atoms with E-state index in [0.29, 0.717) is 11.8 Å². The molecule has 0 radical (unpaired) electrons. The average Bonchev–Trinajstić information content (AvgIpc) is 4.00. The monoisotopic (exact) mass is 607 g/mol. The first kappa shape index (κ1) is 31.4. The van der Waals surface area contributed by atoms with Gasteiger partial charge in [-0.15, -0.1) is 0 Å². The van der Waals surface area contributed by atoms with Gasteiger partial charge in [0, 0.05) is 37.0 Å². The van der Waals surface area contributed by atoms with Crippen LogP contribution in [0.15, 0.2) is 54.7 Å². The maximum absolute atomic E-state index is 5.85. The quantitative estimate of drug-likeness (QED) is 0.119. The highest BCUT2D eigenvalue weighted by atomic mass is 16.5. The molecule has 1 aromatic heterocycles. The first-order chi connectivity index (χ1) is 22.1. The Bertz CT molecular complexity index is 1610. The molecule has 6 heteroatoms. The summed E-state index contributed by atoms with van der Waals surface area (Å²) in [6.45, 7) is 5.93. The molecule has 0 unspecified atom stereocenters. The van der Waals surface area contributed by atoms with Crippen molar-refractivity contribution in [3.8, 4) is 28.5 Å². The highest BCUT2D eigenvalue weighted by Gasteiger charge is 2.31. The van der Waals surface area contributed by atoms with Crippen molar-refractivity contribution >= 4 is 10.8 Å². The third-order valence-electron chi connectivity index (χ3n) is 9.30. The fourth-order valence-electron chi connectivity index (χ4n) is 6.70. The van der Waals surface area contributed by atoms with Crippen molar-refractivity contribution in [3.63, 3.8) is 0 Å². The predicted molar refractivity (Wildman–Crippen MR) is 184 cm³/mol. The topological polar surface area (TPSA) is 64.6 Å². The zero-order valence-electron chi connectivity index (χ0n) is 27.5. The third kappa shape index (κ3) is 7.45. The van der Waals surface area contributed by atoms with E-state index in [2.05, 4.69) is 66.1 Å². The first-order valence-electron chi connectivity index (χ1n) is 16.9. The molecule has 6 rings (SSSR count). The summed E-state index contributed by atoms with van der Waals surface area (Å²) in [5.41, 5.74) is 8.97. The lowest BCUT2D eigenvalue weighted by Crippen LogP contribution is -2.27. The van der Waals surface area contributed by atoms with Gasteiger partial charge >= 0.3 is 0 Å². The maximum Gasteiger partial charge on any atom is 0.164 e. The lowest BCUT2D eigenvalue weighted by molar-refractivity contribution is 0.353. The summed E-state index contributed by atoms with van der Waals surface area (Å²) >= 11 is 0. The summed E-state index contributed by atoms with van der Waals surface area (Å²) in [6.07, 6.45) is 11.3. The number of aryl methyl sites for hydroxylation is 1. The minimum Gasteiger partial charge on any atom is -0.496 e. The molecule has 1 heterocycles. The number of methoxy groups -OCH3 is 3. The molecule has 0 saturated heterocycles. The number of aromatic nitrogens is 1. The lowest BCUT2D eigenvalue weighted by atomic mass is 9.94. The van der Waals surface area contributed by atoms with E-state index >= 15 is 0 Å². The molecule has 2 saturated carbocycles. The van der Waals surface area contributed by atoms with Gasteiger partial charge in [0.05, 0.1) is 27.0 Å². The van der Waals surface area contributed by atoms with Crippen LogP contribution in [-0.2, 0) is 19.4 Å². The molecule has 0 bridgehead atoms. The summed E-state index contributed by atoms with van der Waals surface area (Å²) in [5.74, 6) is 4.03. The van der Waals surface area contributed by atoms with Crippen LogP contribution in [0.3, 0.4) is 0 Å². The fraction of sp³-hybridized carbons (Fsp3) is 0.462. The van der Waals surface area contributed by atoms with E-state index < -0.39 is 0 Å². The highest BCUT2D eigenvalue weighted by Crippen LogP contribution is 2.51. The summed E-state index contributed by atoms with van der Waals surface area (Å²) < 4.78 is 17.3. The number of nitrogens with zero attached hydrogens (tertiary/aromatic N) is 1. The number of ether oxygens (including phenoxy) is 3. The van der Waals surface area contributed by atoms with Crippen LogP contribution >= 0.6 is 0 Å². The number of fused-ring (bicyclic) bond motifs is 1. The Morgan fingerprint density at radius 2 is 1.56 bits per heavy atom. The lowest BCUT2D eigenvalue weighted by Gasteiger charge is -2.16. The van der Waals surface area contributed by atoms with Crippen LogP contribution in [0.1, 0.15) is 85.1 Å². The Morgan fingerprint density at radius 1 is 0.756 bits per heavy atom. The largest absolute Gasteiger partial charge is 0.496 e. The zero-order valence-corrected chi connectivity index (χ0v) is 27.5. The number of pyridine rings is 1. The molecule has 0 aliphatic heterocycles. The van der Waals surface area contributed by atoms with Gasteiger partial charge in [0.1, 0.15) is 5.75 Å². The van der Waals surface area contributed by atoms with Crippen LogP contribution in [0.4, 0.5) is 0 Å². The number of rotatable bonds is 17. The second-order valence-corrected chi connectivity index (χ2v) is 12.7. The van der Waals surface area contributed by atoms with Gasteiger partial charge < -0.3 is 24.8 Å². The van der Waals surface area contributed by atoms with Crippen molar-refractivity contribution in [1.29, 1.82) is 0 Å². The predicted octanol–water partition coefficient (Wildman–Crippen LogP) is 7.95. The smallest absolute Gasteiger partial charge is 0.164 e. The summed E-state index contributed by atoms with van der Waals surface area (Å²) in [5, 5.41) is 9.76. The van der Waals surface area contributed by atoms with Crippen LogP contribution in [0.25, 0.3) is 22.0 Å². The second-order valence-electron chi connectivity index (χ2n) is 12.7. The Morgan fingerprint density at radius 3 is 2.29 bits per heavy atom. The molecule has 3 aromatic carbocycles. The normalized spacial score (nSPS) is 14.6. The fourth-order valence-corrected chi connectivity index (χ4v) is 6.70. The number of benzene rings is 3. The second kappa shape index (κ2) is 14.7. The van der Waals surface area contributed by atoms with Crippen molar-refractivity contribution < 1.29 is 14.2 Å². The van der Waals surface area contributed by atoms with Crippen molar-refractivity contribution in [3.05, 3.63) is 82.5 Å². The van der Waals surface area contributed by atoms with Gasteiger partial charge in [-0.1, -0.05) is 31.5 Å². The summed E-state index contributed by atoms with van der Waals surface area (Å²) in [7, 11) is 5.27. The summed E-state index contributed by atoms with van der Waals surface area (Å²) in [4.78, 5) is 4.72. The van der Waals surface area contributed by atoms with E-state index in [4.69, 9.17) is 19.2 Å². The van der Waals surface area contributed by atoms with E-state index in [1.807, 2.05) is 6.20 Å². The molecule has 4 aromatic rings. The molecule has 0 amide bonds. The average molecular weight is 608 g/mol. The van der Waals surface area contributed by atoms with E-state index in [1.165, 1.54) is 64.3 Å². The van der Waals surface area contributed by atoms with Gasteiger partial charge in [0.2, 0.25) is 0 Å². The van der Waals surface area contributed by atoms with Crippen LogP contribution in [-0.4, -0.2) is 45.9 Å². The van der Waals surface area contributed by atoms with Gasteiger partial charge in [-0.05, 0) is 127 Å². The minimum atomic E-state index is 0.591. The molecule has 0 atom stereocenters. The zero-order chi connectivity index (χ0) is 31.2. The molecular weight excluding hydrogens is 558 g/mol. The SMILES string of the molecule is CCCc1c(OC)cc(-c2cc(CNCCNCCCc3ccc4c(C5CC5)c(OC)c(OC)cc4c3)ccn2)cc1C1CC1. The Labute approximate surface area is 268 Å². The minimum absolute atomic E-state index is 0.591. The molecule has 2 N–H and O–H groups in total. The number of hydrogen-bond donors (Lipinski definition) is 2. The van der Waals surface area contributed by atoms with Gasteiger partial charge in [0.25, 0.3) is 0 Å². The van der Waals surface area contributed by atoms with Crippen molar-refractivity contribution in [1.82, 2.24) is 15.6 Å². The van der Waals surface area contributed by atoms with Crippen molar-refractivity contribution in [2.45, 2.75) is 76.7 Å². The Kier molecular flexibility index (Phi) is 10.2. The van der Waals surface area contributed by atoms with Crippen LogP contribution in [0.2, 0.25) is 0 Å². The van der Waals surface area contributed by atoms with Gasteiger partial charge in [-0.25, -0.2) is 0 Å². The highest BCUT2D eigenvalue weighted by molar-refractivity contribution is 5.91. The molecule has 6 nitrogen and oxygen atoms in total. The molecular formula is C39H49N3O3. The number of hydrogen-bond acceptors (Lipinski definition) is 6. The third-order valence-corrected chi connectivity index (χ3v) is 9.30. The molecule has 2 fully saturated rings. The van der Waals surface area contributed by atoms with Crippen LogP contribution < -0.4 is 24.8 Å². The molecule has 238 valence electrons. The van der Waals surface area contributed by atoms with Crippen molar-refractivity contribution in [2.24, 2.45) is 0 Å². The van der Waals surface area contributed by atoms with Gasteiger partial charge in [-0.2, -0.15) is 0 Å². The van der Waals surface area contributed by atoms with Crippen LogP contribution in [0.5, 0.6) is 17.2 Å². The molecule has 0 spiro atoms. The molecule has 2 aliphatic rings. The van der Waals surface area contributed by atoms with E-state index in [9.17, 15) is 0 Å². The first-order valence-corrected chi connectivity index (χ1v) is 16.9. The Balaban J connectivity index is 0.969. The standard InChI is InChI=1S/C39H49N3O3/c1-5-7-33-34(28-10-11-28)22-31(24-36(33)43-2)35-21-27(15-17-42-35)25-41-19-18-40-16-6-8-26-9-14-32-30(20-26)23-37(44-3)39(45-4)38(32)29-12-13-29/h9,14-15,17,20-24,28-29,40-41H,5-8,10-13,16,18-19,25H2,1-4H3. The van der Waals surface area contributed by atoms with Crippen molar-refractivity contribution in [2.75, 3.05) is 41.0 Å². The van der Waals surface area contributed by atoms with Crippen LogP contribution in [0, 0.1) is 0 Å². The van der Waals surface area contributed by atoms with E-state index in [-0.39, 0.29) is 0 Å². The molecule has 45 heavy (non-hydrogen) atoms. The summed E-state index contributed by atoms with van der Waals surface area (Å²) in [6, 6.07) is 17.9. The van der Waals surface area contributed by atoms with Gasteiger partial charge in [0.15, 0.2) is 11.5 Å². The molecule has 2 aliphatic carbocycles. The van der Waals surface area contributed by atoms with E-state index in [0.717, 1.165) is 80.4 Å². The maximum atomic E-state index is 5.85.